The van der Waals surface area contributed by atoms with Gasteiger partial charge in [-0.3, -0.25) is 0 Å². The van der Waals surface area contributed by atoms with E-state index in [1.807, 2.05) is 0 Å². The number of hydrogen-bond acceptors (Lipinski definition) is 4. The Hall–Kier alpha value is -2.52. The normalized spacial score (nSPS) is 12.3. The molecule has 0 amide bonds. The molecule has 1 aromatic carbocycles. The van der Waals surface area contributed by atoms with Gasteiger partial charge in [-0.1, -0.05) is 0 Å². The molecule has 1 aromatic heterocycles. The van der Waals surface area contributed by atoms with Gasteiger partial charge in [-0.2, -0.15) is 26.3 Å². The van der Waals surface area contributed by atoms with Gasteiger partial charge in [0, 0.05) is 6.54 Å². The minimum atomic E-state index is -4.90. The molecule has 0 aliphatic carbocycles. The molecule has 0 spiro atoms. The Morgan fingerprint density at radius 2 is 1.35 bits per heavy atom. The molecule has 0 aliphatic rings. The van der Waals surface area contributed by atoms with Gasteiger partial charge in [0.2, 0.25) is 5.95 Å². The quantitative estimate of drug-likeness (QED) is 0.836. The average molecular weight is 337 g/mol. The van der Waals surface area contributed by atoms with Crippen molar-refractivity contribution in [2.24, 2.45) is 0 Å². The van der Waals surface area contributed by atoms with E-state index in [1.165, 1.54) is 0 Å². The third kappa shape index (κ3) is 4.47. The van der Waals surface area contributed by atoms with E-state index in [9.17, 15) is 26.3 Å². The van der Waals surface area contributed by atoms with E-state index in [2.05, 4.69) is 15.3 Å². The molecule has 0 bridgehead atoms. The molecule has 4 nitrogen and oxygen atoms in total. The highest BCUT2D eigenvalue weighted by Gasteiger charge is 2.36. The van der Waals surface area contributed by atoms with Crippen molar-refractivity contribution in [2.45, 2.75) is 18.9 Å². The predicted octanol–water partition coefficient (Wildman–Crippen LogP) is 3.83. The van der Waals surface area contributed by atoms with E-state index in [-0.39, 0.29) is 29.9 Å². The molecule has 0 fully saturated rings. The summed E-state index contributed by atoms with van der Waals surface area (Å²) in [7, 11) is 0. The van der Waals surface area contributed by atoms with Crippen molar-refractivity contribution in [3.63, 3.8) is 0 Å². The zero-order chi connectivity index (χ0) is 17.3. The van der Waals surface area contributed by atoms with Crippen molar-refractivity contribution in [3.8, 4) is 5.75 Å². The van der Waals surface area contributed by atoms with Gasteiger partial charge < -0.3 is 10.4 Å². The molecule has 1 heterocycles. The van der Waals surface area contributed by atoms with E-state index in [0.717, 1.165) is 12.4 Å². The van der Waals surface area contributed by atoms with Crippen molar-refractivity contribution in [1.29, 1.82) is 0 Å². The summed E-state index contributed by atoms with van der Waals surface area (Å²) in [6.45, 7) is -0.349. The highest BCUT2D eigenvalue weighted by Crippen LogP contribution is 2.36. The number of benzene rings is 1. The average Bonchev–Trinajstić information content (AvgIpc) is 2.44. The van der Waals surface area contributed by atoms with Gasteiger partial charge in [0.15, 0.2) is 5.75 Å². The first-order valence-corrected chi connectivity index (χ1v) is 6.09. The lowest BCUT2D eigenvalue weighted by Gasteiger charge is -2.14. The van der Waals surface area contributed by atoms with Crippen LogP contribution >= 0.6 is 0 Å². The molecule has 2 aromatic rings. The minimum Gasteiger partial charge on any atom is -0.505 e. The number of rotatable bonds is 3. The van der Waals surface area contributed by atoms with Crippen molar-refractivity contribution in [2.75, 3.05) is 5.32 Å². The van der Waals surface area contributed by atoms with Crippen LogP contribution in [0.25, 0.3) is 0 Å². The first-order chi connectivity index (χ1) is 10.6. The van der Waals surface area contributed by atoms with E-state index >= 15 is 0 Å². The summed E-state index contributed by atoms with van der Waals surface area (Å²) in [5.41, 5.74) is -3.02. The lowest BCUT2D eigenvalue weighted by Crippen LogP contribution is -2.13. The minimum absolute atomic E-state index is 0.0474. The van der Waals surface area contributed by atoms with E-state index in [1.54, 1.807) is 0 Å². The molecule has 2 N–H and O–H groups in total. The maximum atomic E-state index is 12.7. The van der Waals surface area contributed by atoms with Crippen molar-refractivity contribution < 1.29 is 31.4 Å². The van der Waals surface area contributed by atoms with Crippen LogP contribution in [-0.4, -0.2) is 15.1 Å². The number of aromatic nitrogens is 2. The summed E-state index contributed by atoms with van der Waals surface area (Å²) < 4.78 is 76.2. The molecule has 23 heavy (non-hydrogen) atoms. The second kappa shape index (κ2) is 5.94. The van der Waals surface area contributed by atoms with Gasteiger partial charge in [-0.25, -0.2) is 9.97 Å². The molecular weight excluding hydrogens is 328 g/mol. The molecule has 0 unspecified atom stereocenters. The van der Waals surface area contributed by atoms with Crippen LogP contribution in [0, 0.1) is 0 Å². The fraction of sp³-hybridized carbons (Fsp3) is 0.231. The van der Waals surface area contributed by atoms with Crippen molar-refractivity contribution in [1.82, 2.24) is 9.97 Å². The zero-order valence-electron chi connectivity index (χ0n) is 11.2. The number of alkyl halides is 6. The molecule has 0 radical (unpaired) electrons. The lowest BCUT2D eigenvalue weighted by atomic mass is 10.0. The third-order valence-corrected chi connectivity index (χ3v) is 2.74. The van der Waals surface area contributed by atoms with Crippen LogP contribution in [0.15, 0.2) is 30.6 Å². The van der Waals surface area contributed by atoms with Crippen molar-refractivity contribution >= 4 is 5.95 Å². The first-order valence-electron chi connectivity index (χ1n) is 6.09. The van der Waals surface area contributed by atoms with Gasteiger partial charge >= 0.3 is 12.4 Å². The number of nitrogens with zero attached hydrogens (tertiary/aromatic N) is 2. The molecule has 0 aliphatic heterocycles. The number of hydrogen-bond donors (Lipinski definition) is 2. The third-order valence-electron chi connectivity index (χ3n) is 2.74. The summed E-state index contributed by atoms with van der Waals surface area (Å²) in [6, 6.07) is 1.28. The van der Waals surface area contributed by atoms with Crippen LogP contribution in [0.1, 0.15) is 16.7 Å². The summed E-state index contributed by atoms with van der Waals surface area (Å²) in [4.78, 5) is 7.24. The summed E-state index contributed by atoms with van der Waals surface area (Å²) in [6.07, 6.45) is -7.73. The Labute approximate surface area is 125 Å². The molecule has 124 valence electrons. The summed E-state index contributed by atoms with van der Waals surface area (Å²) >= 11 is 0. The van der Waals surface area contributed by atoms with Gasteiger partial charge in [-0.15, -0.1) is 0 Å². The lowest BCUT2D eigenvalue weighted by molar-refractivity contribution is -0.143. The smallest absolute Gasteiger partial charge is 0.416 e. The standard InChI is InChI=1S/C13H9F6N3O/c14-12(15,16)8-1-7(2-9(3-8)13(17,18)19)4-20-11-21-5-10(23)6-22-11/h1-3,5-6,23H,4H2,(H,20,21,22). The Morgan fingerprint density at radius 3 is 1.78 bits per heavy atom. The highest BCUT2D eigenvalue weighted by atomic mass is 19.4. The van der Waals surface area contributed by atoms with E-state index < -0.39 is 23.5 Å². The number of nitrogens with one attached hydrogen (secondary N) is 1. The predicted molar refractivity (Wildman–Crippen MR) is 67.5 cm³/mol. The zero-order valence-corrected chi connectivity index (χ0v) is 11.2. The Kier molecular flexibility index (Phi) is 4.35. The maximum absolute atomic E-state index is 12.7. The van der Waals surface area contributed by atoms with Crippen molar-refractivity contribution in [3.05, 3.63) is 47.3 Å². The van der Waals surface area contributed by atoms with Crippen LogP contribution < -0.4 is 5.32 Å². The first kappa shape index (κ1) is 16.8. The fourth-order valence-electron chi connectivity index (χ4n) is 1.72. The van der Waals surface area contributed by atoms with Gasteiger partial charge in [0.05, 0.1) is 23.5 Å². The topological polar surface area (TPSA) is 58.0 Å². The van der Waals surface area contributed by atoms with Crippen LogP contribution in [-0.2, 0) is 18.9 Å². The molecule has 0 atom stereocenters. The van der Waals surface area contributed by atoms with Crippen LogP contribution in [0.4, 0.5) is 32.3 Å². The van der Waals surface area contributed by atoms with Crippen LogP contribution in [0.2, 0.25) is 0 Å². The Morgan fingerprint density at radius 1 is 0.870 bits per heavy atom. The number of aromatic hydroxyl groups is 1. The summed E-state index contributed by atoms with van der Waals surface area (Å²) in [5, 5.41) is 11.5. The van der Waals surface area contributed by atoms with Gasteiger partial charge in [-0.05, 0) is 23.8 Å². The SMILES string of the molecule is Oc1cnc(NCc2cc(C(F)(F)F)cc(C(F)(F)F)c2)nc1. The Balaban J connectivity index is 2.28. The van der Waals surface area contributed by atoms with Crippen LogP contribution in [0.5, 0.6) is 5.75 Å². The largest absolute Gasteiger partial charge is 0.505 e. The van der Waals surface area contributed by atoms with Crippen LogP contribution in [0.3, 0.4) is 0 Å². The molecule has 2 rings (SSSR count). The van der Waals surface area contributed by atoms with E-state index in [0.29, 0.717) is 12.1 Å². The maximum Gasteiger partial charge on any atom is 0.416 e. The van der Waals surface area contributed by atoms with Gasteiger partial charge in [0.1, 0.15) is 0 Å². The highest BCUT2D eigenvalue weighted by molar-refractivity contribution is 5.36. The number of anilines is 1. The summed E-state index contributed by atoms with van der Waals surface area (Å²) in [5.74, 6) is -0.275. The van der Waals surface area contributed by atoms with Gasteiger partial charge in [0.25, 0.3) is 0 Å². The fourth-order valence-corrected chi connectivity index (χ4v) is 1.72. The monoisotopic (exact) mass is 337 g/mol. The second-order valence-electron chi connectivity index (χ2n) is 4.53. The second-order valence-corrected chi connectivity index (χ2v) is 4.53. The number of halogens is 6. The molecule has 0 saturated heterocycles. The van der Waals surface area contributed by atoms with E-state index in [4.69, 9.17) is 5.11 Å². The Bertz CT molecular complexity index is 649. The molecule has 10 heteroatoms. The molecular formula is C13H9F6N3O. The molecule has 0 saturated carbocycles.